The zero-order valence-electron chi connectivity index (χ0n) is 13.2. The standard InChI is InChI=1S/C18H27NO/c1-5-16-8-10-17(11-9-16)18(20)15(4)19-12-6-7-13(2)14(19)3/h8-11,13-15H,5-7,12H2,1-4H3. The van der Waals surface area contributed by atoms with Gasteiger partial charge in [0.05, 0.1) is 6.04 Å². The zero-order chi connectivity index (χ0) is 14.7. The Hall–Kier alpha value is -1.15. The minimum absolute atomic E-state index is 0.0137. The van der Waals surface area contributed by atoms with Crippen LogP contribution in [-0.4, -0.2) is 29.3 Å². The van der Waals surface area contributed by atoms with Gasteiger partial charge in [-0.1, -0.05) is 38.1 Å². The second-order valence-electron chi connectivity index (χ2n) is 6.19. The van der Waals surface area contributed by atoms with Gasteiger partial charge >= 0.3 is 0 Å². The summed E-state index contributed by atoms with van der Waals surface area (Å²) in [5, 5.41) is 0. The fourth-order valence-corrected chi connectivity index (χ4v) is 3.21. The maximum atomic E-state index is 12.7. The van der Waals surface area contributed by atoms with E-state index in [4.69, 9.17) is 0 Å². The molecule has 1 aromatic carbocycles. The van der Waals surface area contributed by atoms with Crippen molar-refractivity contribution >= 4 is 5.78 Å². The summed E-state index contributed by atoms with van der Waals surface area (Å²) in [5.74, 6) is 0.940. The minimum Gasteiger partial charge on any atom is -0.292 e. The van der Waals surface area contributed by atoms with Crippen molar-refractivity contribution in [1.29, 1.82) is 0 Å². The van der Waals surface area contributed by atoms with Gasteiger partial charge in [0.2, 0.25) is 0 Å². The molecule has 110 valence electrons. The van der Waals surface area contributed by atoms with Crippen LogP contribution in [0.3, 0.4) is 0 Å². The number of piperidine rings is 1. The van der Waals surface area contributed by atoms with E-state index in [0.29, 0.717) is 12.0 Å². The monoisotopic (exact) mass is 273 g/mol. The van der Waals surface area contributed by atoms with Gasteiger partial charge in [0.15, 0.2) is 5.78 Å². The molecule has 2 rings (SSSR count). The summed E-state index contributed by atoms with van der Waals surface area (Å²) in [6, 6.07) is 8.59. The number of ketones is 1. The first kappa shape index (κ1) is 15.2. The molecular formula is C18H27NO. The normalized spacial score (nSPS) is 25.4. The highest BCUT2D eigenvalue weighted by Gasteiger charge is 2.31. The minimum atomic E-state index is -0.0137. The van der Waals surface area contributed by atoms with E-state index >= 15 is 0 Å². The van der Waals surface area contributed by atoms with E-state index in [9.17, 15) is 4.79 Å². The van der Waals surface area contributed by atoms with Crippen molar-refractivity contribution in [3.63, 3.8) is 0 Å². The summed E-state index contributed by atoms with van der Waals surface area (Å²) in [6.45, 7) is 9.80. The van der Waals surface area contributed by atoms with E-state index in [0.717, 1.165) is 18.5 Å². The van der Waals surface area contributed by atoms with E-state index < -0.39 is 0 Å². The molecule has 3 atom stereocenters. The van der Waals surface area contributed by atoms with Crippen LogP contribution in [0.2, 0.25) is 0 Å². The molecule has 0 spiro atoms. The molecule has 1 fully saturated rings. The van der Waals surface area contributed by atoms with Gasteiger partial charge < -0.3 is 0 Å². The molecule has 0 radical (unpaired) electrons. The van der Waals surface area contributed by atoms with Crippen LogP contribution in [0.25, 0.3) is 0 Å². The predicted octanol–water partition coefficient (Wildman–Crippen LogP) is 3.94. The Morgan fingerprint density at radius 1 is 1.30 bits per heavy atom. The van der Waals surface area contributed by atoms with Crippen molar-refractivity contribution in [2.24, 2.45) is 5.92 Å². The molecule has 1 heterocycles. The summed E-state index contributed by atoms with van der Waals surface area (Å²) in [5.41, 5.74) is 2.13. The van der Waals surface area contributed by atoms with Crippen LogP contribution in [0.1, 0.15) is 56.5 Å². The molecule has 0 saturated carbocycles. The number of Topliss-reactive ketones (excluding diaryl/α,β-unsaturated/α-hetero) is 1. The van der Waals surface area contributed by atoms with Crippen molar-refractivity contribution in [3.05, 3.63) is 35.4 Å². The van der Waals surface area contributed by atoms with Crippen molar-refractivity contribution < 1.29 is 4.79 Å². The number of rotatable bonds is 4. The molecule has 0 aliphatic carbocycles. The summed E-state index contributed by atoms with van der Waals surface area (Å²) in [6.07, 6.45) is 3.51. The van der Waals surface area contributed by atoms with Crippen LogP contribution in [-0.2, 0) is 6.42 Å². The second kappa shape index (κ2) is 6.53. The number of carbonyl (C=O) groups is 1. The number of nitrogens with zero attached hydrogens (tertiary/aromatic N) is 1. The lowest BCUT2D eigenvalue weighted by atomic mass is 9.89. The summed E-state index contributed by atoms with van der Waals surface area (Å²) in [4.78, 5) is 15.0. The van der Waals surface area contributed by atoms with Crippen molar-refractivity contribution in [1.82, 2.24) is 4.90 Å². The number of aryl methyl sites for hydroxylation is 1. The third-order valence-electron chi connectivity index (χ3n) is 4.95. The highest BCUT2D eigenvalue weighted by Crippen LogP contribution is 2.25. The lowest BCUT2D eigenvalue weighted by molar-refractivity contribution is 0.0569. The molecule has 0 amide bonds. The third kappa shape index (κ3) is 3.12. The predicted molar refractivity (Wildman–Crippen MR) is 84.2 cm³/mol. The molecule has 0 N–H and O–H groups in total. The van der Waals surface area contributed by atoms with E-state index in [2.05, 4.69) is 44.7 Å². The third-order valence-corrected chi connectivity index (χ3v) is 4.95. The topological polar surface area (TPSA) is 20.3 Å². The molecule has 3 unspecified atom stereocenters. The Balaban J connectivity index is 2.10. The largest absolute Gasteiger partial charge is 0.292 e. The van der Waals surface area contributed by atoms with Gasteiger partial charge in [0.1, 0.15) is 0 Å². The highest BCUT2D eigenvalue weighted by molar-refractivity contribution is 5.99. The van der Waals surface area contributed by atoms with Crippen LogP contribution in [0.15, 0.2) is 24.3 Å². The number of carbonyl (C=O) groups excluding carboxylic acids is 1. The zero-order valence-corrected chi connectivity index (χ0v) is 13.2. The van der Waals surface area contributed by atoms with Crippen LogP contribution in [0.5, 0.6) is 0 Å². The van der Waals surface area contributed by atoms with Crippen molar-refractivity contribution in [3.8, 4) is 0 Å². The fourth-order valence-electron chi connectivity index (χ4n) is 3.21. The molecule has 1 aromatic rings. The maximum absolute atomic E-state index is 12.7. The molecule has 0 bridgehead atoms. The molecule has 1 saturated heterocycles. The van der Waals surface area contributed by atoms with Crippen LogP contribution in [0, 0.1) is 5.92 Å². The number of likely N-dealkylation sites (tertiary alicyclic amines) is 1. The average Bonchev–Trinajstić information content (AvgIpc) is 2.48. The molecule has 1 aliphatic rings. The molecule has 2 heteroatoms. The van der Waals surface area contributed by atoms with Gasteiger partial charge in [0, 0.05) is 11.6 Å². The van der Waals surface area contributed by atoms with E-state index in [-0.39, 0.29) is 11.8 Å². The fraction of sp³-hybridized carbons (Fsp3) is 0.611. The maximum Gasteiger partial charge on any atom is 0.179 e. The van der Waals surface area contributed by atoms with Gasteiger partial charge in [0.25, 0.3) is 0 Å². The van der Waals surface area contributed by atoms with Gasteiger partial charge in [-0.2, -0.15) is 0 Å². The van der Waals surface area contributed by atoms with Crippen molar-refractivity contribution in [2.45, 2.75) is 59.0 Å². The van der Waals surface area contributed by atoms with E-state index in [1.165, 1.54) is 18.4 Å². The Bertz CT molecular complexity index is 451. The first-order chi connectivity index (χ1) is 9.54. The SMILES string of the molecule is CCc1ccc(C(=O)C(C)N2CCCC(C)C2C)cc1. The smallest absolute Gasteiger partial charge is 0.179 e. The van der Waals surface area contributed by atoms with Crippen LogP contribution >= 0.6 is 0 Å². The lowest BCUT2D eigenvalue weighted by Crippen LogP contribution is -2.50. The number of hydrogen-bond donors (Lipinski definition) is 0. The van der Waals surface area contributed by atoms with Gasteiger partial charge in [-0.3, -0.25) is 9.69 Å². The van der Waals surface area contributed by atoms with E-state index in [1.54, 1.807) is 0 Å². The van der Waals surface area contributed by atoms with Gasteiger partial charge in [-0.05, 0) is 51.1 Å². The highest BCUT2D eigenvalue weighted by atomic mass is 16.1. The van der Waals surface area contributed by atoms with Gasteiger partial charge in [-0.25, -0.2) is 0 Å². The number of hydrogen-bond acceptors (Lipinski definition) is 2. The number of benzene rings is 1. The quantitative estimate of drug-likeness (QED) is 0.774. The summed E-state index contributed by atoms with van der Waals surface area (Å²) in [7, 11) is 0. The van der Waals surface area contributed by atoms with Crippen molar-refractivity contribution in [2.75, 3.05) is 6.54 Å². The Kier molecular flexibility index (Phi) is 4.98. The molecule has 1 aliphatic heterocycles. The summed E-state index contributed by atoms with van der Waals surface area (Å²) >= 11 is 0. The lowest BCUT2D eigenvalue weighted by Gasteiger charge is -2.41. The van der Waals surface area contributed by atoms with Crippen LogP contribution in [0.4, 0.5) is 0 Å². The molecule has 2 nitrogen and oxygen atoms in total. The first-order valence-electron chi connectivity index (χ1n) is 7.93. The second-order valence-corrected chi connectivity index (χ2v) is 6.19. The molecule has 0 aromatic heterocycles. The van der Waals surface area contributed by atoms with E-state index in [1.807, 2.05) is 12.1 Å². The summed E-state index contributed by atoms with van der Waals surface area (Å²) < 4.78 is 0. The Morgan fingerprint density at radius 3 is 2.55 bits per heavy atom. The molecular weight excluding hydrogens is 246 g/mol. The molecule has 20 heavy (non-hydrogen) atoms. The Labute approximate surface area is 123 Å². The Morgan fingerprint density at radius 2 is 1.95 bits per heavy atom. The average molecular weight is 273 g/mol. The first-order valence-corrected chi connectivity index (χ1v) is 7.93. The van der Waals surface area contributed by atoms with Crippen LogP contribution < -0.4 is 0 Å². The van der Waals surface area contributed by atoms with Gasteiger partial charge in [-0.15, -0.1) is 0 Å².